The maximum Gasteiger partial charge on any atom is 0.272 e. The van der Waals surface area contributed by atoms with Crippen molar-refractivity contribution in [3.05, 3.63) is 99.8 Å². The van der Waals surface area contributed by atoms with Gasteiger partial charge in [-0.3, -0.25) is 14.6 Å². The summed E-state index contributed by atoms with van der Waals surface area (Å²) in [7, 11) is 0. The van der Waals surface area contributed by atoms with Crippen molar-refractivity contribution >= 4 is 35.0 Å². The Balaban J connectivity index is 1.83. The molecule has 6 nitrogen and oxygen atoms in total. The fourth-order valence-electron chi connectivity index (χ4n) is 7.08. The number of nitrogens with one attached hydrogen (secondary N) is 1. The molecule has 8 heteroatoms. The molecule has 0 bridgehead atoms. The average molecular weight is 552 g/mol. The number of carbonyl (C=O) groups is 2. The van der Waals surface area contributed by atoms with Crippen LogP contribution in [-0.2, 0) is 10.2 Å². The molecule has 38 heavy (non-hydrogen) atoms. The van der Waals surface area contributed by atoms with E-state index in [1.54, 1.807) is 24.4 Å². The van der Waals surface area contributed by atoms with Crippen molar-refractivity contribution in [2.75, 3.05) is 19.6 Å². The van der Waals surface area contributed by atoms with Gasteiger partial charge in [0.25, 0.3) is 5.91 Å². The molecule has 0 spiro atoms. The summed E-state index contributed by atoms with van der Waals surface area (Å²) in [5.74, 6) is -0.952. The summed E-state index contributed by atoms with van der Waals surface area (Å²) in [6.07, 6.45) is 3.49. The molecule has 0 aliphatic carbocycles. The second-order valence-corrected chi connectivity index (χ2v) is 11.1. The number of nitrogens with zero attached hydrogens (tertiary/aromatic N) is 2. The largest absolute Gasteiger partial charge is 0.369 e. The molecule has 4 unspecified atom stereocenters. The lowest BCUT2D eigenvalue weighted by atomic mass is 9.51. The number of hydrogen-bond donors (Lipinski definition) is 2. The molecule has 2 aliphatic rings. The lowest BCUT2D eigenvalue weighted by Crippen LogP contribution is -2.70. The number of hydrogen-bond acceptors (Lipinski definition) is 4. The maximum atomic E-state index is 14.2. The molecule has 1 aromatic heterocycles. The Morgan fingerprint density at radius 3 is 2.45 bits per heavy atom. The van der Waals surface area contributed by atoms with Gasteiger partial charge in [0.05, 0.1) is 21.0 Å². The Bertz CT molecular complexity index is 1320. The number of piperidine rings is 1. The van der Waals surface area contributed by atoms with Crippen molar-refractivity contribution in [2.45, 2.75) is 43.1 Å². The summed E-state index contributed by atoms with van der Waals surface area (Å²) in [5.41, 5.74) is 6.66. The molecule has 198 valence electrons. The van der Waals surface area contributed by atoms with Gasteiger partial charge >= 0.3 is 0 Å². The normalized spacial score (nSPS) is 27.3. The van der Waals surface area contributed by atoms with Gasteiger partial charge in [0.2, 0.25) is 5.91 Å². The number of nitrogens with two attached hydrogens (primary N) is 1. The van der Waals surface area contributed by atoms with Gasteiger partial charge in [-0.2, -0.15) is 0 Å². The van der Waals surface area contributed by atoms with Gasteiger partial charge in [-0.15, -0.1) is 0 Å². The molecule has 2 fully saturated rings. The number of halogens is 2. The second-order valence-electron chi connectivity index (χ2n) is 10.3. The molecule has 3 N–H and O–H groups in total. The standard InChI is InChI=1S/C30H32Cl2N4O2/c1-2-30(22-13-16-34-19-22)26(20-11-12-23(31)24(32)18-20)29(28(33)38,21-8-4-3-5-9-21)14-17-36(30)27(37)25-10-6-7-15-35-25/h3-12,15,18,22,26,34H,2,13-14,16-17,19H2,1H3,(H2,33,38). The zero-order valence-electron chi connectivity index (χ0n) is 21.4. The van der Waals surface area contributed by atoms with Crippen LogP contribution >= 0.6 is 23.2 Å². The minimum atomic E-state index is -1.07. The maximum absolute atomic E-state index is 14.2. The number of benzene rings is 2. The van der Waals surface area contributed by atoms with E-state index in [0.717, 1.165) is 30.6 Å². The molecule has 0 radical (unpaired) electrons. The number of pyridine rings is 1. The monoisotopic (exact) mass is 550 g/mol. The summed E-state index contributed by atoms with van der Waals surface area (Å²) in [6, 6.07) is 20.6. The first kappa shape index (κ1) is 26.7. The van der Waals surface area contributed by atoms with Crippen molar-refractivity contribution in [1.29, 1.82) is 0 Å². The predicted molar refractivity (Wildman–Crippen MR) is 150 cm³/mol. The van der Waals surface area contributed by atoms with Crippen LogP contribution in [0.5, 0.6) is 0 Å². The van der Waals surface area contributed by atoms with Gasteiger partial charge in [-0.1, -0.05) is 72.6 Å². The van der Waals surface area contributed by atoms with E-state index in [1.807, 2.05) is 53.4 Å². The van der Waals surface area contributed by atoms with Crippen molar-refractivity contribution in [3.8, 4) is 0 Å². The Morgan fingerprint density at radius 1 is 1.08 bits per heavy atom. The van der Waals surface area contributed by atoms with Crippen molar-refractivity contribution in [1.82, 2.24) is 15.2 Å². The number of likely N-dealkylation sites (tertiary alicyclic amines) is 1. The summed E-state index contributed by atoms with van der Waals surface area (Å²) in [4.78, 5) is 34.4. The molecule has 2 saturated heterocycles. The smallest absolute Gasteiger partial charge is 0.272 e. The third-order valence-corrected chi connectivity index (χ3v) is 9.43. The minimum absolute atomic E-state index is 0.0716. The lowest BCUT2D eigenvalue weighted by Gasteiger charge is -2.61. The SMILES string of the molecule is CCC1(C2CCNC2)C(c2ccc(Cl)c(Cl)c2)C(C(N)=O)(c2ccccc2)CCN1C(=O)c1ccccn1. The zero-order chi connectivity index (χ0) is 26.9. The fourth-order valence-corrected chi connectivity index (χ4v) is 7.39. The van der Waals surface area contributed by atoms with E-state index < -0.39 is 22.8 Å². The van der Waals surface area contributed by atoms with Gasteiger partial charge < -0.3 is 16.0 Å². The van der Waals surface area contributed by atoms with Crippen LogP contribution in [0.2, 0.25) is 10.0 Å². The number of carbonyl (C=O) groups excluding carboxylic acids is 2. The van der Waals surface area contributed by atoms with Gasteiger partial charge in [0.1, 0.15) is 5.69 Å². The molecule has 4 atom stereocenters. The van der Waals surface area contributed by atoms with Crippen LogP contribution < -0.4 is 11.1 Å². The lowest BCUT2D eigenvalue weighted by molar-refractivity contribution is -0.131. The van der Waals surface area contributed by atoms with Gasteiger partial charge in [0, 0.05) is 25.2 Å². The first-order valence-corrected chi connectivity index (χ1v) is 13.9. The van der Waals surface area contributed by atoms with Crippen molar-refractivity contribution in [2.24, 2.45) is 11.7 Å². The molecule has 2 aliphatic heterocycles. The highest BCUT2D eigenvalue weighted by Crippen LogP contribution is 2.58. The predicted octanol–water partition coefficient (Wildman–Crippen LogP) is 5.20. The molecular weight excluding hydrogens is 519 g/mol. The Hall–Kier alpha value is -2.93. The number of primary amides is 1. The van der Waals surface area contributed by atoms with Crippen molar-refractivity contribution in [3.63, 3.8) is 0 Å². The Labute approximate surface area is 233 Å². The molecule has 2 amide bonds. The fraction of sp³-hybridized carbons (Fsp3) is 0.367. The quantitative estimate of drug-likeness (QED) is 0.441. The molecule has 5 rings (SSSR count). The minimum Gasteiger partial charge on any atom is -0.369 e. The van der Waals surface area contributed by atoms with Crippen LogP contribution in [0.1, 0.15) is 53.7 Å². The van der Waals surface area contributed by atoms with Gasteiger partial charge in [0.15, 0.2) is 0 Å². The summed E-state index contributed by atoms with van der Waals surface area (Å²) in [6.45, 7) is 4.03. The molecule has 2 aromatic carbocycles. The van der Waals surface area contributed by atoms with Crippen LogP contribution in [0.3, 0.4) is 0 Å². The number of rotatable bonds is 6. The third-order valence-electron chi connectivity index (χ3n) is 8.69. The average Bonchev–Trinajstić information content (AvgIpc) is 3.50. The van der Waals surface area contributed by atoms with E-state index in [1.165, 1.54) is 0 Å². The number of amides is 2. The molecular formula is C30H32Cl2N4O2. The molecule has 3 heterocycles. The van der Waals surface area contributed by atoms with E-state index in [4.69, 9.17) is 28.9 Å². The van der Waals surface area contributed by atoms with E-state index in [9.17, 15) is 9.59 Å². The van der Waals surface area contributed by atoms with Gasteiger partial charge in [-0.05, 0) is 67.1 Å². The van der Waals surface area contributed by atoms with Crippen LogP contribution in [-0.4, -0.2) is 46.9 Å². The summed E-state index contributed by atoms with van der Waals surface area (Å²) in [5, 5.41) is 4.33. The van der Waals surface area contributed by atoms with Crippen LogP contribution in [0, 0.1) is 5.92 Å². The molecule has 3 aromatic rings. The van der Waals surface area contributed by atoms with Crippen LogP contribution in [0.4, 0.5) is 0 Å². The highest BCUT2D eigenvalue weighted by atomic mass is 35.5. The van der Waals surface area contributed by atoms with Crippen LogP contribution in [0.15, 0.2) is 72.9 Å². The Kier molecular flexibility index (Phi) is 7.49. The van der Waals surface area contributed by atoms with E-state index in [0.29, 0.717) is 35.1 Å². The molecule has 0 saturated carbocycles. The number of aromatic nitrogens is 1. The van der Waals surface area contributed by atoms with E-state index >= 15 is 0 Å². The third kappa shape index (κ3) is 4.19. The van der Waals surface area contributed by atoms with Crippen molar-refractivity contribution < 1.29 is 9.59 Å². The first-order chi connectivity index (χ1) is 18.4. The second kappa shape index (κ2) is 10.7. The summed E-state index contributed by atoms with van der Waals surface area (Å²) >= 11 is 12.9. The van der Waals surface area contributed by atoms with Crippen LogP contribution in [0.25, 0.3) is 0 Å². The first-order valence-electron chi connectivity index (χ1n) is 13.1. The van der Waals surface area contributed by atoms with E-state index in [2.05, 4.69) is 17.2 Å². The zero-order valence-corrected chi connectivity index (χ0v) is 22.9. The highest BCUT2D eigenvalue weighted by molar-refractivity contribution is 6.42. The van der Waals surface area contributed by atoms with Gasteiger partial charge in [-0.25, -0.2) is 0 Å². The highest BCUT2D eigenvalue weighted by Gasteiger charge is 2.64. The topological polar surface area (TPSA) is 88.3 Å². The van der Waals surface area contributed by atoms with E-state index in [-0.39, 0.29) is 11.8 Å². The summed E-state index contributed by atoms with van der Waals surface area (Å²) < 4.78 is 0. The Morgan fingerprint density at radius 2 is 1.84 bits per heavy atom.